The molecule has 0 saturated carbocycles. The number of hydrogen-bond acceptors (Lipinski definition) is 4. The maximum atomic E-state index is 12.8. The fourth-order valence-electron chi connectivity index (χ4n) is 2.89. The Kier molecular flexibility index (Phi) is 5.45. The second kappa shape index (κ2) is 7.95. The molecule has 6 nitrogen and oxygen atoms in total. The average molecular weight is 366 g/mol. The molecule has 0 fully saturated rings. The number of nitrogens with zero attached hydrogens (tertiary/aromatic N) is 1. The average Bonchev–Trinajstić information content (AvgIpc) is 2.69. The Hall–Kier alpha value is -3.28. The number of anilines is 1. The Bertz CT molecular complexity index is 1030. The topological polar surface area (TPSA) is 69.6 Å². The molecule has 1 aromatic heterocycles. The summed E-state index contributed by atoms with van der Waals surface area (Å²) in [7, 11) is 1.58. The van der Waals surface area contributed by atoms with Gasteiger partial charge in [-0.25, -0.2) is 0 Å². The van der Waals surface area contributed by atoms with Crippen LogP contribution in [0.25, 0.3) is 10.8 Å². The number of aromatic nitrogens is 1. The summed E-state index contributed by atoms with van der Waals surface area (Å²) >= 11 is 0. The minimum atomic E-state index is -0.682. The number of fused-ring (bicyclic) bond motifs is 1. The summed E-state index contributed by atoms with van der Waals surface area (Å²) in [6, 6.07) is 13.6. The zero-order valence-electron chi connectivity index (χ0n) is 15.6. The summed E-state index contributed by atoms with van der Waals surface area (Å²) in [5.41, 5.74) is 0.352. The lowest BCUT2D eigenvalue weighted by molar-refractivity contribution is -0.118. The van der Waals surface area contributed by atoms with E-state index in [4.69, 9.17) is 9.47 Å². The van der Waals surface area contributed by atoms with Crippen LogP contribution in [0.15, 0.2) is 59.5 Å². The first-order valence-corrected chi connectivity index (χ1v) is 8.76. The molecule has 0 aliphatic rings. The van der Waals surface area contributed by atoms with E-state index in [0.29, 0.717) is 29.2 Å². The molecular formula is C21H22N2O4. The van der Waals surface area contributed by atoms with E-state index in [2.05, 4.69) is 5.32 Å². The van der Waals surface area contributed by atoms with Crippen molar-refractivity contribution in [1.29, 1.82) is 0 Å². The van der Waals surface area contributed by atoms with Crippen molar-refractivity contribution in [3.8, 4) is 11.5 Å². The van der Waals surface area contributed by atoms with Crippen molar-refractivity contribution in [2.24, 2.45) is 0 Å². The molecule has 1 atom stereocenters. The van der Waals surface area contributed by atoms with Gasteiger partial charge in [0.2, 0.25) is 5.91 Å². The van der Waals surface area contributed by atoms with E-state index in [1.165, 1.54) is 4.57 Å². The molecule has 0 aliphatic heterocycles. The highest BCUT2D eigenvalue weighted by atomic mass is 16.5. The van der Waals surface area contributed by atoms with Crippen LogP contribution in [0.5, 0.6) is 11.5 Å². The van der Waals surface area contributed by atoms with Gasteiger partial charge in [0.25, 0.3) is 5.56 Å². The largest absolute Gasteiger partial charge is 0.497 e. The van der Waals surface area contributed by atoms with Gasteiger partial charge in [0.15, 0.2) is 0 Å². The molecule has 2 aromatic carbocycles. The predicted octanol–water partition coefficient (Wildman–Crippen LogP) is 3.61. The zero-order valence-corrected chi connectivity index (χ0v) is 15.6. The number of carbonyl (C=O) groups excluding carboxylic acids is 1. The maximum absolute atomic E-state index is 12.8. The van der Waals surface area contributed by atoms with Crippen LogP contribution in [0.3, 0.4) is 0 Å². The van der Waals surface area contributed by atoms with Crippen molar-refractivity contribution in [3.63, 3.8) is 0 Å². The molecule has 0 bridgehead atoms. The molecular weight excluding hydrogens is 344 g/mol. The third-order valence-electron chi connectivity index (χ3n) is 4.38. The lowest BCUT2D eigenvalue weighted by atomic mass is 10.1. The van der Waals surface area contributed by atoms with E-state index < -0.39 is 6.04 Å². The van der Waals surface area contributed by atoms with Gasteiger partial charge in [0.1, 0.15) is 17.5 Å². The van der Waals surface area contributed by atoms with Gasteiger partial charge in [-0.05, 0) is 55.6 Å². The molecule has 1 amide bonds. The quantitative estimate of drug-likeness (QED) is 0.724. The number of rotatable bonds is 6. The number of hydrogen-bond donors (Lipinski definition) is 1. The van der Waals surface area contributed by atoms with Gasteiger partial charge in [0, 0.05) is 11.6 Å². The minimum absolute atomic E-state index is 0.226. The number of nitrogens with one attached hydrogen (secondary N) is 1. The van der Waals surface area contributed by atoms with Crippen molar-refractivity contribution in [3.05, 3.63) is 65.1 Å². The number of ether oxygens (including phenoxy) is 2. The second-order valence-corrected chi connectivity index (χ2v) is 6.08. The Morgan fingerprint density at radius 3 is 2.70 bits per heavy atom. The van der Waals surface area contributed by atoms with Crippen LogP contribution in [-0.2, 0) is 4.79 Å². The van der Waals surface area contributed by atoms with Gasteiger partial charge in [-0.1, -0.05) is 12.1 Å². The van der Waals surface area contributed by atoms with Gasteiger partial charge >= 0.3 is 0 Å². The molecule has 6 heteroatoms. The summed E-state index contributed by atoms with van der Waals surface area (Å²) in [4.78, 5) is 25.5. The Labute approximate surface area is 157 Å². The molecule has 0 saturated heterocycles. The van der Waals surface area contributed by atoms with Crippen molar-refractivity contribution < 1.29 is 14.3 Å². The van der Waals surface area contributed by atoms with E-state index in [1.807, 2.05) is 19.1 Å². The molecule has 140 valence electrons. The Balaban J connectivity index is 1.89. The van der Waals surface area contributed by atoms with E-state index >= 15 is 0 Å². The summed E-state index contributed by atoms with van der Waals surface area (Å²) in [5, 5.41) is 4.15. The molecule has 1 N–H and O–H groups in total. The smallest absolute Gasteiger partial charge is 0.259 e. The number of para-hydroxylation sites is 2. The number of benzene rings is 2. The molecule has 1 heterocycles. The highest BCUT2D eigenvalue weighted by Gasteiger charge is 2.18. The molecule has 0 aliphatic carbocycles. The van der Waals surface area contributed by atoms with Gasteiger partial charge in [-0.2, -0.15) is 0 Å². The molecule has 3 aromatic rings. The third kappa shape index (κ3) is 3.79. The van der Waals surface area contributed by atoms with Crippen LogP contribution < -0.4 is 20.3 Å². The maximum Gasteiger partial charge on any atom is 0.259 e. The summed E-state index contributed by atoms with van der Waals surface area (Å²) in [6.07, 6.45) is 1.63. The summed E-state index contributed by atoms with van der Waals surface area (Å²) < 4.78 is 12.1. The SMILES string of the molecule is CCOc1ccccc1NC(=O)C(C)n1ccc2cc(OC)ccc2c1=O. The van der Waals surface area contributed by atoms with Crippen LogP contribution in [0.4, 0.5) is 5.69 Å². The zero-order chi connectivity index (χ0) is 19.4. The highest BCUT2D eigenvalue weighted by molar-refractivity contribution is 5.95. The van der Waals surface area contributed by atoms with Crippen molar-refractivity contribution in [1.82, 2.24) is 4.57 Å². The van der Waals surface area contributed by atoms with Gasteiger partial charge in [-0.15, -0.1) is 0 Å². The van der Waals surface area contributed by atoms with Gasteiger partial charge in [-0.3, -0.25) is 9.59 Å². The molecule has 0 spiro atoms. The van der Waals surface area contributed by atoms with E-state index in [0.717, 1.165) is 5.39 Å². The monoisotopic (exact) mass is 366 g/mol. The molecule has 27 heavy (non-hydrogen) atoms. The second-order valence-electron chi connectivity index (χ2n) is 6.08. The fraction of sp³-hybridized carbons (Fsp3) is 0.238. The first-order chi connectivity index (χ1) is 13.0. The lowest BCUT2D eigenvalue weighted by Gasteiger charge is -2.17. The normalized spacial score (nSPS) is 11.8. The number of methoxy groups -OCH3 is 1. The highest BCUT2D eigenvalue weighted by Crippen LogP contribution is 2.25. The fourth-order valence-corrected chi connectivity index (χ4v) is 2.89. The van der Waals surface area contributed by atoms with Crippen LogP contribution >= 0.6 is 0 Å². The molecule has 3 rings (SSSR count). The lowest BCUT2D eigenvalue weighted by Crippen LogP contribution is -2.31. The van der Waals surface area contributed by atoms with Gasteiger partial charge in [0.05, 0.1) is 19.4 Å². The Morgan fingerprint density at radius 1 is 1.19 bits per heavy atom. The first kappa shape index (κ1) is 18.5. The van der Waals surface area contributed by atoms with Crippen molar-refractivity contribution >= 4 is 22.4 Å². The standard InChI is InChI=1S/C21H22N2O4/c1-4-27-19-8-6-5-7-18(19)22-20(24)14(2)23-12-11-15-13-16(26-3)9-10-17(15)21(23)25/h5-14H,4H2,1-3H3,(H,22,24). The van der Waals surface area contributed by atoms with E-state index in [9.17, 15) is 9.59 Å². The third-order valence-corrected chi connectivity index (χ3v) is 4.38. The van der Waals surface area contributed by atoms with Gasteiger partial charge < -0.3 is 19.4 Å². The predicted molar refractivity (Wildman–Crippen MR) is 106 cm³/mol. The summed E-state index contributed by atoms with van der Waals surface area (Å²) in [6.45, 7) is 4.07. The number of pyridine rings is 1. The molecule has 1 unspecified atom stereocenters. The van der Waals surface area contributed by atoms with Crippen LogP contribution in [-0.4, -0.2) is 24.2 Å². The summed E-state index contributed by atoms with van der Waals surface area (Å²) in [5.74, 6) is 0.980. The van der Waals surface area contributed by atoms with E-state index in [-0.39, 0.29) is 11.5 Å². The van der Waals surface area contributed by atoms with Crippen LogP contribution in [0.1, 0.15) is 19.9 Å². The van der Waals surface area contributed by atoms with E-state index in [1.54, 1.807) is 56.6 Å². The minimum Gasteiger partial charge on any atom is -0.497 e. The first-order valence-electron chi connectivity index (χ1n) is 8.76. The van der Waals surface area contributed by atoms with Crippen LogP contribution in [0.2, 0.25) is 0 Å². The van der Waals surface area contributed by atoms with Crippen molar-refractivity contribution in [2.45, 2.75) is 19.9 Å². The number of carbonyl (C=O) groups is 1. The Morgan fingerprint density at radius 2 is 1.96 bits per heavy atom. The van der Waals surface area contributed by atoms with Crippen molar-refractivity contribution in [2.75, 3.05) is 19.0 Å². The molecule has 0 radical (unpaired) electrons. The van der Waals surface area contributed by atoms with Crippen LogP contribution in [0, 0.1) is 0 Å². The number of amides is 1.